The fourth-order valence-electron chi connectivity index (χ4n) is 2.06. The number of thiophene rings is 1. The molecule has 0 saturated carbocycles. The molecule has 1 amide bonds. The highest BCUT2D eigenvalue weighted by atomic mass is 32.1. The number of benzene rings is 2. The number of nitrogens with one attached hydrogen (secondary N) is 1. The number of anilines is 1. The fraction of sp³-hybridized carbons (Fsp3) is 0. The molecule has 1 heterocycles. The number of fused-ring (bicyclic) bond motifs is 1. The van der Waals surface area contributed by atoms with Gasteiger partial charge in [-0.2, -0.15) is 0 Å². The SMILES string of the molecule is O=C(Nc1ccc(F)c(F)c1F)c1cc2cc([N+](=O)[O-])ccc2s1. The normalized spacial score (nSPS) is 10.8. The number of hydrogen-bond acceptors (Lipinski definition) is 4. The van der Waals surface area contributed by atoms with Crippen LogP contribution in [0, 0.1) is 27.6 Å². The van der Waals surface area contributed by atoms with Crippen molar-refractivity contribution in [3.63, 3.8) is 0 Å². The molecule has 1 N–H and O–H groups in total. The van der Waals surface area contributed by atoms with Gasteiger partial charge in [0.1, 0.15) is 0 Å². The van der Waals surface area contributed by atoms with Gasteiger partial charge in [-0.15, -0.1) is 11.3 Å². The number of nitrogens with zero attached hydrogens (tertiary/aromatic N) is 1. The third-order valence-electron chi connectivity index (χ3n) is 3.22. The molecule has 24 heavy (non-hydrogen) atoms. The maximum atomic E-state index is 13.6. The van der Waals surface area contributed by atoms with E-state index in [0.29, 0.717) is 16.2 Å². The Kier molecular flexibility index (Phi) is 3.94. The molecule has 0 fully saturated rings. The summed E-state index contributed by atoms with van der Waals surface area (Å²) in [5.41, 5.74) is -0.624. The molecule has 3 aromatic rings. The van der Waals surface area contributed by atoms with Gasteiger partial charge in [0.15, 0.2) is 17.5 Å². The van der Waals surface area contributed by atoms with E-state index >= 15 is 0 Å². The minimum atomic E-state index is -1.68. The Morgan fingerprint density at radius 1 is 1.08 bits per heavy atom. The van der Waals surface area contributed by atoms with E-state index in [9.17, 15) is 28.1 Å². The Morgan fingerprint density at radius 3 is 2.54 bits per heavy atom. The highest BCUT2D eigenvalue weighted by Crippen LogP contribution is 2.30. The molecule has 0 aliphatic rings. The number of carbonyl (C=O) groups excluding carboxylic acids is 1. The Hall–Kier alpha value is -2.94. The average molecular weight is 352 g/mol. The van der Waals surface area contributed by atoms with Gasteiger partial charge in [0, 0.05) is 22.2 Å². The highest BCUT2D eigenvalue weighted by molar-refractivity contribution is 7.20. The second kappa shape index (κ2) is 5.93. The number of non-ortho nitro benzene ring substituents is 1. The van der Waals surface area contributed by atoms with E-state index < -0.39 is 34.0 Å². The van der Waals surface area contributed by atoms with Crippen molar-refractivity contribution in [1.29, 1.82) is 0 Å². The van der Waals surface area contributed by atoms with E-state index in [2.05, 4.69) is 5.32 Å². The van der Waals surface area contributed by atoms with Gasteiger partial charge in [0.05, 0.1) is 15.5 Å². The van der Waals surface area contributed by atoms with Crippen molar-refractivity contribution < 1.29 is 22.9 Å². The predicted octanol–water partition coefficient (Wildman–Crippen LogP) is 4.48. The van der Waals surface area contributed by atoms with Gasteiger partial charge in [-0.3, -0.25) is 14.9 Å². The van der Waals surface area contributed by atoms with Gasteiger partial charge in [0.25, 0.3) is 11.6 Å². The first-order chi connectivity index (χ1) is 11.4. The van der Waals surface area contributed by atoms with Crippen molar-refractivity contribution in [2.24, 2.45) is 0 Å². The summed E-state index contributed by atoms with van der Waals surface area (Å²) in [5.74, 6) is -5.27. The number of nitro groups is 1. The standard InChI is InChI=1S/C15H7F3N2O3S/c16-9-2-3-10(14(18)13(9)17)19-15(21)12-6-7-5-8(20(22)23)1-4-11(7)24-12/h1-6H,(H,19,21). The number of rotatable bonds is 3. The van der Waals surface area contributed by atoms with Crippen LogP contribution in [0.4, 0.5) is 24.5 Å². The van der Waals surface area contributed by atoms with E-state index in [-0.39, 0.29) is 10.6 Å². The molecule has 0 bridgehead atoms. The molecular formula is C15H7F3N2O3S. The molecule has 2 aromatic carbocycles. The van der Waals surface area contributed by atoms with E-state index in [1.54, 1.807) is 0 Å². The van der Waals surface area contributed by atoms with E-state index in [1.807, 2.05) is 0 Å². The molecule has 0 atom stereocenters. The zero-order chi connectivity index (χ0) is 17.4. The monoisotopic (exact) mass is 352 g/mol. The van der Waals surface area contributed by atoms with Crippen molar-refractivity contribution in [3.05, 3.63) is 68.8 Å². The smallest absolute Gasteiger partial charge is 0.270 e. The maximum Gasteiger partial charge on any atom is 0.270 e. The number of amides is 1. The van der Waals surface area contributed by atoms with Crippen molar-refractivity contribution in [3.8, 4) is 0 Å². The van der Waals surface area contributed by atoms with Crippen LogP contribution in [0.3, 0.4) is 0 Å². The molecule has 0 aliphatic heterocycles. The lowest BCUT2D eigenvalue weighted by Crippen LogP contribution is -2.12. The summed E-state index contributed by atoms with van der Waals surface area (Å²) in [6.07, 6.45) is 0. The summed E-state index contributed by atoms with van der Waals surface area (Å²) in [4.78, 5) is 22.5. The van der Waals surface area contributed by atoms with Crippen LogP contribution in [-0.4, -0.2) is 10.8 Å². The summed E-state index contributed by atoms with van der Waals surface area (Å²) < 4.78 is 40.3. The molecule has 0 aliphatic carbocycles. The van der Waals surface area contributed by atoms with Gasteiger partial charge in [-0.1, -0.05) is 0 Å². The van der Waals surface area contributed by atoms with Crippen LogP contribution in [0.5, 0.6) is 0 Å². The summed E-state index contributed by atoms with van der Waals surface area (Å²) in [6, 6.07) is 7.11. The second-order valence-electron chi connectivity index (χ2n) is 4.77. The maximum absolute atomic E-state index is 13.6. The Bertz CT molecular complexity index is 987. The second-order valence-corrected chi connectivity index (χ2v) is 5.85. The van der Waals surface area contributed by atoms with Crippen LogP contribution in [0.25, 0.3) is 10.1 Å². The lowest BCUT2D eigenvalue weighted by atomic mass is 10.2. The predicted molar refractivity (Wildman–Crippen MR) is 82.7 cm³/mol. The van der Waals surface area contributed by atoms with Crippen LogP contribution in [0.1, 0.15) is 9.67 Å². The van der Waals surface area contributed by atoms with E-state index in [0.717, 1.165) is 17.4 Å². The third-order valence-corrected chi connectivity index (χ3v) is 4.33. The Balaban J connectivity index is 1.92. The summed E-state index contributed by atoms with van der Waals surface area (Å²) in [6.45, 7) is 0. The number of carbonyl (C=O) groups is 1. The molecule has 9 heteroatoms. The topological polar surface area (TPSA) is 72.2 Å². The molecule has 5 nitrogen and oxygen atoms in total. The molecule has 1 aromatic heterocycles. The quantitative estimate of drug-likeness (QED) is 0.429. The average Bonchev–Trinajstić information content (AvgIpc) is 2.98. The van der Waals surface area contributed by atoms with E-state index in [1.165, 1.54) is 24.3 Å². The number of halogens is 3. The number of hydrogen-bond donors (Lipinski definition) is 1. The molecule has 0 unspecified atom stereocenters. The van der Waals surface area contributed by atoms with Crippen molar-refractivity contribution >= 4 is 38.7 Å². The van der Waals surface area contributed by atoms with Gasteiger partial charge in [-0.05, 0) is 24.3 Å². The minimum absolute atomic E-state index is 0.126. The van der Waals surface area contributed by atoms with E-state index in [4.69, 9.17) is 0 Å². The zero-order valence-corrected chi connectivity index (χ0v) is 12.5. The van der Waals surface area contributed by atoms with Crippen LogP contribution >= 0.6 is 11.3 Å². The van der Waals surface area contributed by atoms with Crippen LogP contribution in [0.2, 0.25) is 0 Å². The summed E-state index contributed by atoms with van der Waals surface area (Å²) in [7, 11) is 0. The Morgan fingerprint density at radius 2 is 1.83 bits per heavy atom. The first-order valence-corrected chi connectivity index (χ1v) is 7.31. The van der Waals surface area contributed by atoms with Crippen molar-refractivity contribution in [1.82, 2.24) is 0 Å². The first kappa shape index (κ1) is 15.9. The Labute approximate surface area is 136 Å². The van der Waals surface area contributed by atoms with Gasteiger partial charge in [0.2, 0.25) is 0 Å². The van der Waals surface area contributed by atoms with Gasteiger partial charge >= 0.3 is 0 Å². The van der Waals surface area contributed by atoms with Crippen molar-refractivity contribution in [2.75, 3.05) is 5.32 Å². The molecule has 0 saturated heterocycles. The fourth-order valence-corrected chi connectivity index (χ4v) is 3.00. The molecular weight excluding hydrogens is 345 g/mol. The highest BCUT2D eigenvalue weighted by Gasteiger charge is 2.18. The largest absolute Gasteiger partial charge is 0.319 e. The van der Waals surface area contributed by atoms with Crippen molar-refractivity contribution in [2.45, 2.75) is 0 Å². The zero-order valence-electron chi connectivity index (χ0n) is 11.7. The van der Waals surface area contributed by atoms with Crippen LogP contribution in [-0.2, 0) is 0 Å². The third kappa shape index (κ3) is 2.81. The number of nitro benzene ring substituents is 1. The van der Waals surface area contributed by atoms with Gasteiger partial charge < -0.3 is 5.32 Å². The van der Waals surface area contributed by atoms with Crippen LogP contribution in [0.15, 0.2) is 36.4 Å². The minimum Gasteiger partial charge on any atom is -0.319 e. The summed E-state index contributed by atoms with van der Waals surface area (Å²) in [5, 5.41) is 13.4. The van der Waals surface area contributed by atoms with Crippen LogP contribution < -0.4 is 5.32 Å². The molecule has 0 radical (unpaired) electrons. The molecule has 0 spiro atoms. The molecule has 3 rings (SSSR count). The summed E-state index contributed by atoms with van der Waals surface area (Å²) >= 11 is 1.03. The lowest BCUT2D eigenvalue weighted by Gasteiger charge is -2.05. The van der Waals surface area contributed by atoms with Gasteiger partial charge in [-0.25, -0.2) is 13.2 Å². The molecule has 122 valence electrons. The first-order valence-electron chi connectivity index (χ1n) is 6.49. The lowest BCUT2D eigenvalue weighted by molar-refractivity contribution is -0.384.